The van der Waals surface area contributed by atoms with Crippen LogP contribution in [-0.2, 0) is 4.79 Å². The molecule has 114 valence electrons. The van der Waals surface area contributed by atoms with Crippen LogP contribution in [0.1, 0.15) is 74.7 Å². The number of hydrogen-bond acceptors (Lipinski definition) is 1. The third kappa shape index (κ3) is 5.54. The highest BCUT2D eigenvalue weighted by molar-refractivity contribution is 5.83. The van der Waals surface area contributed by atoms with Crippen molar-refractivity contribution in [2.75, 3.05) is 0 Å². The molecule has 1 atom stereocenters. The molecule has 0 bridgehead atoms. The van der Waals surface area contributed by atoms with Gasteiger partial charge in [-0.15, -0.1) is 0 Å². The van der Waals surface area contributed by atoms with Crippen LogP contribution in [0.3, 0.4) is 0 Å². The van der Waals surface area contributed by atoms with Gasteiger partial charge in [0.05, 0.1) is 5.41 Å². The lowest BCUT2D eigenvalue weighted by Crippen LogP contribution is -2.48. The fraction of sp³-hybridized carbons (Fsp3) is 0.941. The molecule has 0 aromatic heterocycles. The molecule has 0 saturated heterocycles. The van der Waals surface area contributed by atoms with Crippen molar-refractivity contribution < 1.29 is 4.79 Å². The van der Waals surface area contributed by atoms with Crippen molar-refractivity contribution in [2.24, 2.45) is 23.2 Å². The van der Waals surface area contributed by atoms with E-state index in [1.165, 1.54) is 12.8 Å². The summed E-state index contributed by atoms with van der Waals surface area (Å²) in [6.07, 6.45) is 3.52. The molecule has 0 saturated carbocycles. The number of carbonyl (C=O) groups is 1. The second kappa shape index (κ2) is 7.91. The minimum absolute atomic E-state index is 0.217. The van der Waals surface area contributed by atoms with Crippen LogP contribution < -0.4 is 5.32 Å². The van der Waals surface area contributed by atoms with Crippen LogP contribution in [-0.4, -0.2) is 11.9 Å². The van der Waals surface area contributed by atoms with E-state index in [-0.39, 0.29) is 17.4 Å². The average molecular weight is 269 g/mol. The van der Waals surface area contributed by atoms with Crippen LogP contribution in [0.15, 0.2) is 0 Å². The minimum atomic E-state index is -0.272. The number of amides is 1. The topological polar surface area (TPSA) is 29.1 Å². The molecule has 0 radical (unpaired) electrons. The zero-order valence-corrected chi connectivity index (χ0v) is 14.3. The first kappa shape index (κ1) is 18.5. The molecule has 0 spiro atoms. The lowest BCUT2D eigenvalue weighted by atomic mass is 9.69. The third-order valence-corrected chi connectivity index (χ3v) is 4.68. The van der Waals surface area contributed by atoms with Crippen LogP contribution in [0.4, 0.5) is 0 Å². The Morgan fingerprint density at radius 2 is 1.42 bits per heavy atom. The standard InChI is InChI=1S/C17H35NO/c1-12(2)10-9-11-15(7)18-16(19)17(8,13(3)4)14(5)6/h12-15H,9-11H2,1-8H3,(H,18,19). The van der Waals surface area contributed by atoms with Gasteiger partial charge in [-0.25, -0.2) is 0 Å². The van der Waals surface area contributed by atoms with E-state index in [0.717, 1.165) is 12.3 Å². The Morgan fingerprint density at radius 1 is 0.947 bits per heavy atom. The van der Waals surface area contributed by atoms with Crippen molar-refractivity contribution in [2.45, 2.75) is 80.7 Å². The molecule has 0 aliphatic rings. The summed E-state index contributed by atoms with van der Waals surface area (Å²) in [5, 5.41) is 3.22. The van der Waals surface area contributed by atoms with Crippen LogP contribution in [0.5, 0.6) is 0 Å². The van der Waals surface area contributed by atoms with Gasteiger partial charge in [-0.2, -0.15) is 0 Å². The Hall–Kier alpha value is -0.530. The molecular formula is C17H35NO. The average Bonchev–Trinajstić information content (AvgIpc) is 2.26. The van der Waals surface area contributed by atoms with E-state index < -0.39 is 0 Å². The van der Waals surface area contributed by atoms with Gasteiger partial charge in [0.25, 0.3) is 0 Å². The quantitative estimate of drug-likeness (QED) is 0.683. The van der Waals surface area contributed by atoms with E-state index >= 15 is 0 Å². The fourth-order valence-electron chi connectivity index (χ4n) is 2.47. The van der Waals surface area contributed by atoms with Gasteiger partial charge in [0, 0.05) is 6.04 Å². The maximum absolute atomic E-state index is 12.5. The van der Waals surface area contributed by atoms with Crippen molar-refractivity contribution in [3.05, 3.63) is 0 Å². The smallest absolute Gasteiger partial charge is 0.226 e. The molecule has 0 aliphatic heterocycles. The summed E-state index contributed by atoms with van der Waals surface area (Å²) in [4.78, 5) is 12.5. The van der Waals surface area contributed by atoms with Crippen molar-refractivity contribution >= 4 is 5.91 Å². The first-order chi connectivity index (χ1) is 8.62. The van der Waals surface area contributed by atoms with Gasteiger partial charge < -0.3 is 5.32 Å². The van der Waals surface area contributed by atoms with Gasteiger partial charge in [-0.05, 0) is 31.1 Å². The molecule has 0 heterocycles. The fourth-order valence-corrected chi connectivity index (χ4v) is 2.47. The molecule has 0 fully saturated rings. The second-order valence-electron chi connectivity index (χ2n) is 7.29. The molecule has 1 N–H and O–H groups in total. The number of hydrogen-bond donors (Lipinski definition) is 1. The summed E-state index contributed by atoms with van der Waals surface area (Å²) in [6.45, 7) is 17.3. The highest BCUT2D eigenvalue weighted by Crippen LogP contribution is 2.35. The van der Waals surface area contributed by atoms with Gasteiger partial charge in [-0.1, -0.05) is 61.3 Å². The molecule has 0 aliphatic carbocycles. The Labute approximate surface area is 120 Å². The molecule has 1 unspecified atom stereocenters. The maximum Gasteiger partial charge on any atom is 0.226 e. The summed E-state index contributed by atoms with van der Waals surface area (Å²) in [7, 11) is 0. The first-order valence-electron chi connectivity index (χ1n) is 7.93. The van der Waals surface area contributed by atoms with Crippen molar-refractivity contribution in [3.8, 4) is 0 Å². The zero-order valence-electron chi connectivity index (χ0n) is 14.3. The van der Waals surface area contributed by atoms with Crippen LogP contribution in [0, 0.1) is 23.2 Å². The number of carbonyl (C=O) groups excluding carboxylic acids is 1. The van der Waals surface area contributed by atoms with Crippen LogP contribution in [0.25, 0.3) is 0 Å². The molecule has 0 aromatic carbocycles. The van der Waals surface area contributed by atoms with E-state index in [2.05, 4.69) is 60.7 Å². The van der Waals surface area contributed by atoms with E-state index in [9.17, 15) is 4.79 Å². The molecule has 0 aromatic rings. The van der Waals surface area contributed by atoms with E-state index in [4.69, 9.17) is 0 Å². The number of rotatable bonds is 8. The van der Waals surface area contributed by atoms with Gasteiger partial charge in [0.2, 0.25) is 5.91 Å². The molecule has 1 amide bonds. The molecule has 2 nitrogen and oxygen atoms in total. The predicted molar refractivity (Wildman–Crippen MR) is 84.1 cm³/mol. The lowest BCUT2D eigenvalue weighted by molar-refractivity contribution is -0.136. The van der Waals surface area contributed by atoms with Crippen LogP contribution >= 0.6 is 0 Å². The summed E-state index contributed by atoms with van der Waals surface area (Å²) in [6, 6.07) is 0.281. The summed E-state index contributed by atoms with van der Waals surface area (Å²) in [5.41, 5.74) is -0.272. The Bertz CT molecular complexity index is 260. The van der Waals surface area contributed by atoms with Crippen molar-refractivity contribution in [1.82, 2.24) is 5.32 Å². The van der Waals surface area contributed by atoms with Gasteiger partial charge in [-0.3, -0.25) is 4.79 Å². The van der Waals surface area contributed by atoms with E-state index in [1.807, 2.05) is 0 Å². The van der Waals surface area contributed by atoms with Gasteiger partial charge in [0.1, 0.15) is 0 Å². The Balaban J connectivity index is 4.41. The Morgan fingerprint density at radius 3 is 1.79 bits per heavy atom. The Kier molecular flexibility index (Phi) is 7.69. The molecule has 0 rings (SSSR count). The summed E-state index contributed by atoms with van der Waals surface area (Å²) < 4.78 is 0. The molecular weight excluding hydrogens is 234 g/mol. The third-order valence-electron chi connectivity index (χ3n) is 4.68. The van der Waals surface area contributed by atoms with Crippen molar-refractivity contribution in [1.29, 1.82) is 0 Å². The predicted octanol–water partition coefficient (Wildman–Crippen LogP) is 4.64. The SMILES string of the molecule is CC(C)CCCC(C)NC(=O)C(C)(C(C)C)C(C)C. The largest absolute Gasteiger partial charge is 0.353 e. The van der Waals surface area contributed by atoms with E-state index in [0.29, 0.717) is 11.8 Å². The summed E-state index contributed by atoms with van der Waals surface area (Å²) in [5.74, 6) is 1.68. The highest BCUT2D eigenvalue weighted by atomic mass is 16.2. The number of nitrogens with one attached hydrogen (secondary N) is 1. The summed E-state index contributed by atoms with van der Waals surface area (Å²) >= 11 is 0. The van der Waals surface area contributed by atoms with Crippen LogP contribution in [0.2, 0.25) is 0 Å². The highest BCUT2D eigenvalue weighted by Gasteiger charge is 2.39. The molecule has 2 heteroatoms. The first-order valence-corrected chi connectivity index (χ1v) is 7.93. The van der Waals surface area contributed by atoms with Crippen molar-refractivity contribution in [3.63, 3.8) is 0 Å². The normalized spacial score (nSPS) is 14.3. The second-order valence-corrected chi connectivity index (χ2v) is 7.29. The monoisotopic (exact) mass is 269 g/mol. The maximum atomic E-state index is 12.5. The lowest BCUT2D eigenvalue weighted by Gasteiger charge is -2.37. The molecule has 19 heavy (non-hydrogen) atoms. The zero-order chi connectivity index (χ0) is 15.2. The van der Waals surface area contributed by atoms with E-state index in [1.54, 1.807) is 0 Å². The minimum Gasteiger partial charge on any atom is -0.353 e. The van der Waals surface area contributed by atoms with Gasteiger partial charge >= 0.3 is 0 Å². The van der Waals surface area contributed by atoms with Gasteiger partial charge in [0.15, 0.2) is 0 Å².